The summed E-state index contributed by atoms with van der Waals surface area (Å²) in [5.41, 5.74) is 2.09. The van der Waals surface area contributed by atoms with Gasteiger partial charge in [-0.1, -0.05) is 6.07 Å². The van der Waals surface area contributed by atoms with Crippen LogP contribution in [0.1, 0.15) is 24.2 Å². The Bertz CT molecular complexity index is 527. The molecule has 0 aromatic carbocycles. The Morgan fingerprint density at radius 2 is 2.33 bits per heavy atom. The van der Waals surface area contributed by atoms with Crippen molar-refractivity contribution < 1.29 is 5.11 Å². The van der Waals surface area contributed by atoms with Gasteiger partial charge in [0, 0.05) is 25.4 Å². The van der Waals surface area contributed by atoms with Gasteiger partial charge in [-0.05, 0) is 45.9 Å². The third-order valence-corrected chi connectivity index (χ3v) is 4.22. The highest BCUT2D eigenvalue weighted by Gasteiger charge is 2.13. The van der Waals surface area contributed by atoms with Crippen LogP contribution in [-0.4, -0.2) is 17.1 Å². The summed E-state index contributed by atoms with van der Waals surface area (Å²) in [5.74, 6) is 0.829. The summed E-state index contributed by atoms with van der Waals surface area (Å²) >= 11 is 5.13. The first-order chi connectivity index (χ1) is 8.58. The minimum Gasteiger partial charge on any atom is -0.389 e. The number of thiophene rings is 1. The Hall–Kier alpha value is -0.910. The molecule has 0 saturated carbocycles. The molecule has 2 rings (SSSR count). The second-order valence-corrected chi connectivity index (χ2v) is 6.50. The molecule has 1 atom stereocenters. The van der Waals surface area contributed by atoms with E-state index in [1.807, 2.05) is 19.2 Å². The van der Waals surface area contributed by atoms with Gasteiger partial charge in [0.2, 0.25) is 0 Å². The Labute approximate surface area is 119 Å². The van der Waals surface area contributed by atoms with E-state index in [9.17, 15) is 5.11 Å². The smallest absolute Gasteiger partial charge is 0.134 e. The topological polar surface area (TPSA) is 36.4 Å². The molecule has 0 aliphatic rings. The molecule has 0 aliphatic heterocycles. The lowest BCUT2D eigenvalue weighted by Gasteiger charge is -2.21. The fourth-order valence-corrected chi connectivity index (χ4v) is 3.03. The molecule has 0 fully saturated rings. The van der Waals surface area contributed by atoms with Crippen molar-refractivity contribution in [2.24, 2.45) is 0 Å². The summed E-state index contributed by atoms with van der Waals surface area (Å²) in [4.78, 5) is 6.41. The van der Waals surface area contributed by atoms with E-state index < -0.39 is 6.10 Å². The minimum atomic E-state index is -0.509. The largest absolute Gasteiger partial charge is 0.389 e. The van der Waals surface area contributed by atoms with Crippen LogP contribution in [0.25, 0.3) is 0 Å². The van der Waals surface area contributed by atoms with Crippen molar-refractivity contribution >= 4 is 33.1 Å². The maximum atomic E-state index is 9.75. The highest BCUT2D eigenvalue weighted by atomic mass is 79.9. The quantitative estimate of drug-likeness (QED) is 0.932. The van der Waals surface area contributed by atoms with Crippen LogP contribution in [0.2, 0.25) is 0 Å². The summed E-state index contributed by atoms with van der Waals surface area (Å²) in [6.45, 7) is 2.54. The average molecular weight is 327 g/mol. The molecule has 96 valence electrons. The Kier molecular flexibility index (Phi) is 4.37. The predicted molar refractivity (Wildman–Crippen MR) is 79.0 cm³/mol. The lowest BCUT2D eigenvalue weighted by atomic mass is 10.1. The number of pyridine rings is 1. The zero-order chi connectivity index (χ0) is 13.1. The summed E-state index contributed by atoms with van der Waals surface area (Å²) < 4.78 is 1.13. The van der Waals surface area contributed by atoms with Gasteiger partial charge in [0.1, 0.15) is 5.82 Å². The molecule has 2 aromatic heterocycles. The van der Waals surface area contributed by atoms with Crippen LogP contribution < -0.4 is 4.90 Å². The standard InChI is InChI=1S/C13H15BrN2OS/c1-9(17)11-4-3-5-15-13(11)16(2)7-10-6-12(14)18-8-10/h3-6,8-9,17H,7H2,1-2H3/t9-/m1/s1. The van der Waals surface area contributed by atoms with Gasteiger partial charge < -0.3 is 10.0 Å². The summed E-state index contributed by atoms with van der Waals surface area (Å²) in [5, 5.41) is 11.9. The molecule has 1 N–H and O–H groups in total. The Morgan fingerprint density at radius 1 is 1.56 bits per heavy atom. The van der Waals surface area contributed by atoms with E-state index in [2.05, 4.69) is 37.3 Å². The summed E-state index contributed by atoms with van der Waals surface area (Å²) in [6, 6.07) is 5.86. The van der Waals surface area contributed by atoms with E-state index in [1.54, 1.807) is 24.5 Å². The Morgan fingerprint density at radius 3 is 2.94 bits per heavy atom. The molecule has 0 aliphatic carbocycles. The second kappa shape index (κ2) is 5.82. The summed E-state index contributed by atoms with van der Waals surface area (Å²) in [6.07, 6.45) is 1.24. The molecule has 0 spiro atoms. The highest BCUT2D eigenvalue weighted by Crippen LogP contribution is 2.26. The highest BCUT2D eigenvalue weighted by molar-refractivity contribution is 9.11. The predicted octanol–water partition coefficient (Wildman–Crippen LogP) is 3.60. The van der Waals surface area contributed by atoms with Crippen molar-refractivity contribution in [2.45, 2.75) is 19.6 Å². The zero-order valence-corrected chi connectivity index (χ0v) is 12.7. The fourth-order valence-electron chi connectivity index (χ4n) is 1.83. The lowest BCUT2D eigenvalue weighted by molar-refractivity contribution is 0.199. The first-order valence-corrected chi connectivity index (χ1v) is 7.32. The van der Waals surface area contributed by atoms with Gasteiger partial charge in [0.05, 0.1) is 9.89 Å². The number of aliphatic hydroxyl groups excluding tert-OH is 1. The van der Waals surface area contributed by atoms with Gasteiger partial charge >= 0.3 is 0 Å². The van der Waals surface area contributed by atoms with Crippen molar-refractivity contribution in [3.05, 3.63) is 44.7 Å². The SMILES string of the molecule is C[C@@H](O)c1cccnc1N(C)Cc1csc(Br)c1. The fraction of sp³-hybridized carbons (Fsp3) is 0.308. The number of anilines is 1. The first kappa shape index (κ1) is 13.5. The van der Waals surface area contributed by atoms with Gasteiger partial charge in [-0.2, -0.15) is 0 Å². The molecule has 0 bridgehead atoms. The van der Waals surface area contributed by atoms with E-state index in [0.29, 0.717) is 0 Å². The van der Waals surface area contributed by atoms with Crippen LogP contribution >= 0.6 is 27.3 Å². The Balaban J connectivity index is 2.20. The van der Waals surface area contributed by atoms with Gasteiger partial charge in [0.15, 0.2) is 0 Å². The van der Waals surface area contributed by atoms with Gasteiger partial charge in [-0.3, -0.25) is 0 Å². The molecule has 5 heteroatoms. The number of halogens is 1. The third kappa shape index (κ3) is 3.10. The van der Waals surface area contributed by atoms with Crippen molar-refractivity contribution in [2.75, 3.05) is 11.9 Å². The molecule has 0 amide bonds. The van der Waals surface area contributed by atoms with E-state index in [4.69, 9.17) is 0 Å². The average Bonchev–Trinajstić information content (AvgIpc) is 2.74. The molecule has 2 heterocycles. The van der Waals surface area contributed by atoms with Gasteiger partial charge in [-0.25, -0.2) is 4.98 Å². The van der Waals surface area contributed by atoms with Crippen LogP contribution in [0, 0.1) is 0 Å². The maximum Gasteiger partial charge on any atom is 0.134 e. The van der Waals surface area contributed by atoms with Crippen LogP contribution in [0.15, 0.2) is 33.6 Å². The van der Waals surface area contributed by atoms with Gasteiger partial charge in [0.25, 0.3) is 0 Å². The molecular formula is C13H15BrN2OS. The van der Waals surface area contributed by atoms with Crippen LogP contribution in [0.5, 0.6) is 0 Å². The van der Waals surface area contributed by atoms with Crippen molar-refractivity contribution in [1.29, 1.82) is 0 Å². The second-order valence-electron chi connectivity index (χ2n) is 4.21. The van der Waals surface area contributed by atoms with Crippen LogP contribution in [-0.2, 0) is 6.54 Å². The number of hydrogen-bond acceptors (Lipinski definition) is 4. The number of hydrogen-bond donors (Lipinski definition) is 1. The first-order valence-electron chi connectivity index (χ1n) is 5.65. The van der Waals surface area contributed by atoms with Crippen LogP contribution in [0.4, 0.5) is 5.82 Å². The molecule has 0 radical (unpaired) electrons. The van der Waals surface area contributed by atoms with E-state index in [-0.39, 0.29) is 0 Å². The van der Waals surface area contributed by atoms with E-state index in [0.717, 1.165) is 21.7 Å². The molecule has 3 nitrogen and oxygen atoms in total. The van der Waals surface area contributed by atoms with Crippen molar-refractivity contribution in [3.8, 4) is 0 Å². The van der Waals surface area contributed by atoms with E-state index >= 15 is 0 Å². The third-order valence-electron chi connectivity index (χ3n) is 2.67. The maximum absolute atomic E-state index is 9.75. The number of nitrogens with zero attached hydrogens (tertiary/aromatic N) is 2. The van der Waals surface area contributed by atoms with Gasteiger partial charge in [-0.15, -0.1) is 11.3 Å². The van der Waals surface area contributed by atoms with Crippen LogP contribution in [0.3, 0.4) is 0 Å². The minimum absolute atomic E-state index is 0.509. The molecule has 0 saturated heterocycles. The zero-order valence-electron chi connectivity index (χ0n) is 10.3. The molecule has 0 unspecified atom stereocenters. The van der Waals surface area contributed by atoms with Crippen molar-refractivity contribution in [1.82, 2.24) is 4.98 Å². The monoisotopic (exact) mass is 326 g/mol. The molecule has 18 heavy (non-hydrogen) atoms. The summed E-state index contributed by atoms with van der Waals surface area (Å²) in [7, 11) is 1.99. The number of aliphatic hydroxyl groups is 1. The lowest BCUT2D eigenvalue weighted by Crippen LogP contribution is -2.19. The normalized spacial score (nSPS) is 12.4. The number of aromatic nitrogens is 1. The van der Waals surface area contributed by atoms with E-state index in [1.165, 1.54) is 5.56 Å². The van der Waals surface area contributed by atoms with Crippen molar-refractivity contribution in [3.63, 3.8) is 0 Å². The molecule has 2 aromatic rings. The molecular weight excluding hydrogens is 312 g/mol. The number of rotatable bonds is 4.